The molecule has 1 fully saturated rings. The Balaban J connectivity index is 1.75. The third-order valence-electron chi connectivity index (χ3n) is 3.75. The molecule has 0 spiro atoms. The van der Waals surface area contributed by atoms with E-state index in [1.807, 2.05) is 12.1 Å². The second-order valence-electron chi connectivity index (χ2n) is 5.22. The Morgan fingerprint density at radius 3 is 2.58 bits per heavy atom. The Morgan fingerprint density at radius 2 is 1.95 bits per heavy atom. The molecule has 0 amide bonds. The lowest BCUT2D eigenvalue weighted by Gasteiger charge is -2.32. The first kappa shape index (κ1) is 14.6. The molecule has 0 aromatic heterocycles. The van der Waals surface area contributed by atoms with E-state index in [0.717, 1.165) is 12.2 Å². The van der Waals surface area contributed by atoms with E-state index in [0.29, 0.717) is 5.02 Å². The molecule has 1 aliphatic heterocycles. The van der Waals surface area contributed by atoms with Crippen molar-refractivity contribution in [3.8, 4) is 5.75 Å². The number of methoxy groups -OCH3 is 1. The van der Waals surface area contributed by atoms with Crippen LogP contribution in [0.25, 0.3) is 0 Å². The monoisotopic (exact) mass is 282 g/mol. The summed E-state index contributed by atoms with van der Waals surface area (Å²) >= 11 is 6.13. The van der Waals surface area contributed by atoms with Crippen LogP contribution in [0.3, 0.4) is 0 Å². The number of likely N-dealkylation sites (N-methyl/N-ethyl adjacent to an activating group) is 1. The SMILES string of the molecule is COc1ccc(CCCN2CCN(C)CC2)cc1Cl. The summed E-state index contributed by atoms with van der Waals surface area (Å²) < 4.78 is 5.16. The molecule has 106 valence electrons. The zero-order valence-electron chi connectivity index (χ0n) is 11.9. The van der Waals surface area contributed by atoms with Gasteiger partial charge in [-0.05, 0) is 44.1 Å². The minimum atomic E-state index is 0.708. The van der Waals surface area contributed by atoms with E-state index >= 15 is 0 Å². The van der Waals surface area contributed by atoms with Crippen molar-refractivity contribution in [3.05, 3.63) is 28.8 Å². The molecule has 1 heterocycles. The number of aryl methyl sites for hydroxylation is 1. The largest absolute Gasteiger partial charge is 0.495 e. The van der Waals surface area contributed by atoms with Crippen LogP contribution in [0.5, 0.6) is 5.75 Å². The highest BCUT2D eigenvalue weighted by atomic mass is 35.5. The summed E-state index contributed by atoms with van der Waals surface area (Å²) in [5.41, 5.74) is 1.29. The van der Waals surface area contributed by atoms with Crippen LogP contribution in [0.4, 0.5) is 0 Å². The Morgan fingerprint density at radius 1 is 1.21 bits per heavy atom. The maximum atomic E-state index is 6.13. The fourth-order valence-electron chi connectivity index (χ4n) is 2.44. The average molecular weight is 283 g/mol. The number of ether oxygens (including phenoxy) is 1. The van der Waals surface area contributed by atoms with Crippen molar-refractivity contribution in [3.63, 3.8) is 0 Å². The highest BCUT2D eigenvalue weighted by Gasteiger charge is 2.12. The zero-order valence-corrected chi connectivity index (χ0v) is 12.6. The first-order chi connectivity index (χ1) is 9.19. The van der Waals surface area contributed by atoms with Gasteiger partial charge >= 0.3 is 0 Å². The molecule has 4 heteroatoms. The lowest BCUT2D eigenvalue weighted by molar-refractivity contribution is 0.153. The minimum absolute atomic E-state index is 0.708. The van der Waals surface area contributed by atoms with Crippen LogP contribution >= 0.6 is 11.6 Å². The zero-order chi connectivity index (χ0) is 13.7. The van der Waals surface area contributed by atoms with E-state index in [-0.39, 0.29) is 0 Å². The fraction of sp³-hybridized carbons (Fsp3) is 0.600. The number of halogens is 1. The molecular weight excluding hydrogens is 260 g/mol. The Hall–Kier alpha value is -0.770. The maximum Gasteiger partial charge on any atom is 0.137 e. The van der Waals surface area contributed by atoms with Crippen LogP contribution in [-0.4, -0.2) is 56.7 Å². The summed E-state index contributed by atoms with van der Waals surface area (Å²) in [7, 11) is 3.84. The summed E-state index contributed by atoms with van der Waals surface area (Å²) in [6.07, 6.45) is 2.27. The fourth-order valence-corrected chi connectivity index (χ4v) is 2.72. The second-order valence-corrected chi connectivity index (χ2v) is 5.62. The quantitative estimate of drug-likeness (QED) is 0.825. The minimum Gasteiger partial charge on any atom is -0.495 e. The number of benzene rings is 1. The van der Waals surface area contributed by atoms with Gasteiger partial charge < -0.3 is 14.5 Å². The predicted molar refractivity (Wildman–Crippen MR) is 80.3 cm³/mol. The molecule has 0 radical (unpaired) electrons. The lowest BCUT2D eigenvalue weighted by Crippen LogP contribution is -2.44. The van der Waals surface area contributed by atoms with Gasteiger partial charge in [-0.15, -0.1) is 0 Å². The molecular formula is C15H23ClN2O. The third kappa shape index (κ3) is 4.37. The standard InChI is InChI=1S/C15H23ClN2O/c1-17-8-10-18(11-9-17)7-3-4-13-5-6-15(19-2)14(16)12-13/h5-6,12H,3-4,7-11H2,1-2H3. The van der Waals surface area contributed by atoms with Crippen LogP contribution in [-0.2, 0) is 6.42 Å². The topological polar surface area (TPSA) is 15.7 Å². The van der Waals surface area contributed by atoms with E-state index in [1.54, 1.807) is 7.11 Å². The van der Waals surface area contributed by atoms with Crippen LogP contribution < -0.4 is 4.74 Å². The molecule has 1 aliphatic rings. The van der Waals surface area contributed by atoms with Crippen molar-refractivity contribution in [1.82, 2.24) is 9.80 Å². The van der Waals surface area contributed by atoms with Gasteiger partial charge in [-0.3, -0.25) is 0 Å². The number of hydrogen-bond donors (Lipinski definition) is 0. The smallest absolute Gasteiger partial charge is 0.137 e. The molecule has 0 atom stereocenters. The molecule has 19 heavy (non-hydrogen) atoms. The highest BCUT2D eigenvalue weighted by molar-refractivity contribution is 6.32. The summed E-state index contributed by atoms with van der Waals surface area (Å²) in [5, 5.41) is 0.708. The van der Waals surface area contributed by atoms with Gasteiger partial charge in [-0.25, -0.2) is 0 Å². The van der Waals surface area contributed by atoms with Gasteiger partial charge in [0.1, 0.15) is 5.75 Å². The number of hydrogen-bond acceptors (Lipinski definition) is 3. The van der Waals surface area contributed by atoms with E-state index in [4.69, 9.17) is 16.3 Å². The average Bonchev–Trinajstić information content (AvgIpc) is 2.41. The lowest BCUT2D eigenvalue weighted by atomic mass is 10.1. The van der Waals surface area contributed by atoms with Crippen molar-refractivity contribution in [2.45, 2.75) is 12.8 Å². The van der Waals surface area contributed by atoms with E-state index in [2.05, 4.69) is 22.9 Å². The molecule has 1 saturated heterocycles. The summed E-state index contributed by atoms with van der Waals surface area (Å²) in [6.45, 7) is 5.94. The first-order valence-electron chi connectivity index (χ1n) is 6.92. The van der Waals surface area contributed by atoms with E-state index < -0.39 is 0 Å². The normalized spacial score (nSPS) is 17.6. The number of nitrogens with zero attached hydrogens (tertiary/aromatic N) is 2. The van der Waals surface area contributed by atoms with E-state index in [9.17, 15) is 0 Å². The van der Waals surface area contributed by atoms with Crippen LogP contribution in [0, 0.1) is 0 Å². The van der Waals surface area contributed by atoms with Gasteiger partial charge in [0.05, 0.1) is 12.1 Å². The van der Waals surface area contributed by atoms with Crippen LogP contribution in [0.1, 0.15) is 12.0 Å². The highest BCUT2D eigenvalue weighted by Crippen LogP contribution is 2.25. The first-order valence-corrected chi connectivity index (χ1v) is 7.30. The molecule has 0 unspecified atom stereocenters. The van der Waals surface area contributed by atoms with Crippen LogP contribution in [0.2, 0.25) is 5.02 Å². The molecule has 0 saturated carbocycles. The molecule has 1 aromatic rings. The summed E-state index contributed by atoms with van der Waals surface area (Å²) in [5.74, 6) is 0.754. The van der Waals surface area contributed by atoms with Crippen molar-refractivity contribution >= 4 is 11.6 Å². The molecule has 3 nitrogen and oxygen atoms in total. The molecule has 0 N–H and O–H groups in total. The maximum absolute atomic E-state index is 6.13. The molecule has 1 aromatic carbocycles. The predicted octanol–water partition coefficient (Wildman–Crippen LogP) is 2.53. The number of rotatable bonds is 5. The Labute approximate surface area is 121 Å². The van der Waals surface area contributed by atoms with Gasteiger partial charge in [0.15, 0.2) is 0 Å². The van der Waals surface area contributed by atoms with E-state index in [1.165, 1.54) is 44.7 Å². The second kappa shape index (κ2) is 7.13. The van der Waals surface area contributed by atoms with Crippen molar-refractivity contribution < 1.29 is 4.74 Å². The Bertz CT molecular complexity index is 403. The summed E-state index contributed by atoms with van der Waals surface area (Å²) in [6, 6.07) is 6.08. The van der Waals surface area contributed by atoms with Crippen molar-refractivity contribution in [1.29, 1.82) is 0 Å². The molecule has 0 aliphatic carbocycles. The van der Waals surface area contributed by atoms with Gasteiger partial charge in [-0.2, -0.15) is 0 Å². The van der Waals surface area contributed by atoms with Crippen molar-refractivity contribution in [2.75, 3.05) is 46.9 Å². The number of piperazine rings is 1. The van der Waals surface area contributed by atoms with Crippen LogP contribution in [0.15, 0.2) is 18.2 Å². The van der Waals surface area contributed by atoms with Crippen molar-refractivity contribution in [2.24, 2.45) is 0 Å². The Kier molecular flexibility index (Phi) is 5.49. The van der Waals surface area contributed by atoms with Gasteiger partial charge in [0.25, 0.3) is 0 Å². The third-order valence-corrected chi connectivity index (χ3v) is 4.05. The molecule has 2 rings (SSSR count). The molecule has 0 bridgehead atoms. The van der Waals surface area contributed by atoms with Gasteiger partial charge in [0.2, 0.25) is 0 Å². The van der Waals surface area contributed by atoms with Gasteiger partial charge in [-0.1, -0.05) is 17.7 Å². The summed E-state index contributed by atoms with van der Waals surface area (Å²) in [4.78, 5) is 4.94. The van der Waals surface area contributed by atoms with Gasteiger partial charge in [0, 0.05) is 26.2 Å².